The van der Waals surface area contributed by atoms with Crippen molar-refractivity contribution in [3.8, 4) is 10.8 Å². The smallest absolute Gasteiger partial charge is 0.335 e. The number of hydrogen-bond acceptors (Lipinski definition) is 5. The summed E-state index contributed by atoms with van der Waals surface area (Å²) >= 11 is 1.25. The number of thiazole rings is 1. The number of hydrogen-bond donors (Lipinski definition) is 2. The minimum atomic E-state index is -0.963. The molecule has 0 saturated carbocycles. The summed E-state index contributed by atoms with van der Waals surface area (Å²) in [5.41, 5.74) is 6.48. The molecule has 1 aromatic heterocycles. The fraction of sp³-hybridized carbons (Fsp3) is 0.0909. The molecule has 0 bridgehead atoms. The lowest BCUT2D eigenvalue weighted by Crippen LogP contribution is -1.95. The molecule has 0 fully saturated rings. The van der Waals surface area contributed by atoms with E-state index in [1.807, 2.05) is 0 Å². The minimum Gasteiger partial charge on any atom is -0.478 e. The summed E-state index contributed by atoms with van der Waals surface area (Å²) in [7, 11) is 0. The van der Waals surface area contributed by atoms with Gasteiger partial charge >= 0.3 is 5.97 Å². The summed E-state index contributed by atoms with van der Waals surface area (Å²) < 4.78 is 5.55. The molecule has 0 amide bonds. The quantitative estimate of drug-likeness (QED) is 0.874. The molecule has 1 aromatic carbocycles. The monoisotopic (exact) mass is 250 g/mol. The first-order valence-corrected chi connectivity index (χ1v) is 5.62. The molecule has 0 aliphatic heterocycles. The van der Waals surface area contributed by atoms with Crippen LogP contribution in [0.25, 0.3) is 0 Å². The molecule has 1 heterocycles. The van der Waals surface area contributed by atoms with E-state index < -0.39 is 5.97 Å². The van der Waals surface area contributed by atoms with Crippen LogP contribution < -0.4 is 10.5 Å². The summed E-state index contributed by atoms with van der Waals surface area (Å²) in [4.78, 5) is 14.7. The molecule has 2 rings (SSSR count). The number of aromatic nitrogens is 1. The molecule has 88 valence electrons. The predicted octanol–water partition coefficient (Wildman–Crippen LogP) is 2.52. The van der Waals surface area contributed by atoms with E-state index in [-0.39, 0.29) is 5.56 Å². The number of rotatable bonds is 3. The van der Waals surface area contributed by atoms with Crippen molar-refractivity contribution in [2.24, 2.45) is 0 Å². The zero-order chi connectivity index (χ0) is 12.4. The van der Waals surface area contributed by atoms with Crippen molar-refractivity contribution < 1.29 is 14.6 Å². The zero-order valence-electron chi connectivity index (χ0n) is 9.01. The van der Waals surface area contributed by atoms with Gasteiger partial charge in [0.2, 0.25) is 5.06 Å². The van der Waals surface area contributed by atoms with Gasteiger partial charge in [0.05, 0.1) is 11.3 Å². The maximum atomic E-state index is 10.7. The highest BCUT2D eigenvalue weighted by molar-refractivity contribution is 7.17. The van der Waals surface area contributed by atoms with Gasteiger partial charge in [-0.1, -0.05) is 11.3 Å². The lowest BCUT2D eigenvalue weighted by Gasteiger charge is -2.03. The Bertz CT molecular complexity index is 548. The lowest BCUT2D eigenvalue weighted by molar-refractivity contribution is 0.0697. The van der Waals surface area contributed by atoms with Crippen LogP contribution >= 0.6 is 11.3 Å². The average Bonchev–Trinajstić information content (AvgIpc) is 2.58. The third kappa shape index (κ3) is 2.54. The van der Waals surface area contributed by atoms with E-state index in [1.165, 1.54) is 23.5 Å². The summed E-state index contributed by atoms with van der Waals surface area (Å²) in [5.74, 6) is -0.406. The second-order valence-corrected chi connectivity index (χ2v) is 4.35. The summed E-state index contributed by atoms with van der Waals surface area (Å²) in [6, 6.07) is 6.16. The number of benzene rings is 1. The largest absolute Gasteiger partial charge is 0.478 e. The molecule has 17 heavy (non-hydrogen) atoms. The van der Waals surface area contributed by atoms with Crippen LogP contribution in [0, 0.1) is 6.92 Å². The lowest BCUT2D eigenvalue weighted by atomic mass is 10.2. The average molecular weight is 250 g/mol. The van der Waals surface area contributed by atoms with Crippen molar-refractivity contribution in [3.63, 3.8) is 0 Å². The normalized spacial score (nSPS) is 10.2. The topological polar surface area (TPSA) is 85.4 Å². The fourth-order valence-corrected chi connectivity index (χ4v) is 1.97. The minimum absolute atomic E-state index is 0.220. The van der Waals surface area contributed by atoms with Crippen molar-refractivity contribution in [3.05, 3.63) is 35.5 Å². The first-order valence-electron chi connectivity index (χ1n) is 4.80. The SMILES string of the molecule is Cc1nc(N)sc1Oc1ccc(C(=O)O)cc1. The van der Waals surface area contributed by atoms with Crippen LogP contribution in [0.5, 0.6) is 10.8 Å². The Balaban J connectivity index is 2.19. The van der Waals surface area contributed by atoms with Crippen LogP contribution in [0.2, 0.25) is 0 Å². The van der Waals surface area contributed by atoms with E-state index in [2.05, 4.69) is 4.98 Å². The molecule has 0 saturated heterocycles. The maximum absolute atomic E-state index is 10.7. The second-order valence-electron chi connectivity index (χ2n) is 3.36. The number of aromatic carboxylic acids is 1. The molecule has 0 aliphatic rings. The first-order chi connectivity index (χ1) is 8.06. The van der Waals surface area contributed by atoms with Crippen LogP contribution in [-0.2, 0) is 0 Å². The van der Waals surface area contributed by atoms with E-state index in [1.54, 1.807) is 19.1 Å². The molecule has 6 heteroatoms. The molecular formula is C11H10N2O3S. The molecule has 3 N–H and O–H groups in total. The molecular weight excluding hydrogens is 240 g/mol. The highest BCUT2D eigenvalue weighted by atomic mass is 32.1. The Morgan fingerprint density at radius 2 is 2.06 bits per heavy atom. The van der Waals surface area contributed by atoms with Gasteiger partial charge in [0.15, 0.2) is 5.13 Å². The van der Waals surface area contributed by atoms with Crippen LogP contribution in [0.15, 0.2) is 24.3 Å². The van der Waals surface area contributed by atoms with Crippen molar-refractivity contribution in [1.29, 1.82) is 0 Å². The molecule has 2 aromatic rings. The van der Waals surface area contributed by atoms with Crippen LogP contribution in [0.3, 0.4) is 0 Å². The van der Waals surface area contributed by atoms with Gasteiger partial charge in [-0.25, -0.2) is 9.78 Å². The predicted molar refractivity (Wildman–Crippen MR) is 64.7 cm³/mol. The standard InChI is InChI=1S/C11H10N2O3S/c1-6-10(17-11(12)13-6)16-8-4-2-7(3-5-8)9(14)15/h2-5H,1H3,(H2,12,13)(H,14,15). The Labute approximate surface area is 101 Å². The van der Waals surface area contributed by atoms with Gasteiger partial charge in [0.25, 0.3) is 0 Å². The number of nitrogens with two attached hydrogens (primary N) is 1. The number of carbonyl (C=O) groups is 1. The van der Waals surface area contributed by atoms with Crippen molar-refractivity contribution in [1.82, 2.24) is 4.98 Å². The fourth-order valence-electron chi connectivity index (χ4n) is 1.27. The second kappa shape index (κ2) is 4.42. The third-order valence-corrected chi connectivity index (χ3v) is 2.95. The molecule has 0 spiro atoms. The number of nitrogen functional groups attached to an aromatic ring is 1. The Morgan fingerprint density at radius 1 is 1.41 bits per heavy atom. The number of ether oxygens (including phenoxy) is 1. The van der Waals surface area contributed by atoms with Gasteiger partial charge in [-0.3, -0.25) is 0 Å². The molecule has 0 atom stereocenters. The highest BCUT2D eigenvalue weighted by Crippen LogP contribution is 2.32. The van der Waals surface area contributed by atoms with Crippen LogP contribution in [-0.4, -0.2) is 16.1 Å². The van der Waals surface area contributed by atoms with E-state index in [0.717, 1.165) is 5.69 Å². The van der Waals surface area contributed by atoms with Crippen LogP contribution in [0.4, 0.5) is 5.13 Å². The van der Waals surface area contributed by atoms with Crippen molar-refractivity contribution in [2.75, 3.05) is 5.73 Å². The molecule has 0 radical (unpaired) electrons. The van der Waals surface area contributed by atoms with Gasteiger partial charge < -0.3 is 15.6 Å². The third-order valence-electron chi connectivity index (χ3n) is 2.08. The number of aryl methyl sites for hydroxylation is 1. The van der Waals surface area contributed by atoms with E-state index in [0.29, 0.717) is 15.9 Å². The van der Waals surface area contributed by atoms with Gasteiger partial charge in [0.1, 0.15) is 5.75 Å². The van der Waals surface area contributed by atoms with E-state index >= 15 is 0 Å². The van der Waals surface area contributed by atoms with E-state index in [4.69, 9.17) is 15.6 Å². The molecule has 0 aliphatic carbocycles. The Morgan fingerprint density at radius 3 is 2.53 bits per heavy atom. The molecule has 0 unspecified atom stereocenters. The zero-order valence-corrected chi connectivity index (χ0v) is 9.82. The number of nitrogens with zero attached hydrogens (tertiary/aromatic N) is 1. The maximum Gasteiger partial charge on any atom is 0.335 e. The van der Waals surface area contributed by atoms with Gasteiger partial charge in [-0.2, -0.15) is 0 Å². The number of carboxylic acids is 1. The van der Waals surface area contributed by atoms with Crippen LogP contribution in [0.1, 0.15) is 16.1 Å². The Hall–Kier alpha value is -2.08. The number of carboxylic acid groups (broad SMARTS) is 1. The molecule has 5 nitrogen and oxygen atoms in total. The highest BCUT2D eigenvalue weighted by Gasteiger charge is 2.08. The Kier molecular flexibility index (Phi) is 2.97. The summed E-state index contributed by atoms with van der Waals surface area (Å²) in [6.45, 7) is 1.80. The summed E-state index contributed by atoms with van der Waals surface area (Å²) in [6.07, 6.45) is 0. The van der Waals surface area contributed by atoms with Gasteiger partial charge in [0, 0.05) is 0 Å². The van der Waals surface area contributed by atoms with Gasteiger partial charge in [-0.05, 0) is 31.2 Å². The van der Waals surface area contributed by atoms with Gasteiger partial charge in [-0.15, -0.1) is 0 Å². The number of anilines is 1. The van der Waals surface area contributed by atoms with E-state index in [9.17, 15) is 4.79 Å². The summed E-state index contributed by atoms with van der Waals surface area (Å²) in [5, 5.41) is 9.81. The van der Waals surface area contributed by atoms with Crippen molar-refractivity contribution in [2.45, 2.75) is 6.92 Å². The first kappa shape index (κ1) is 11.4. The van der Waals surface area contributed by atoms with Crippen molar-refractivity contribution >= 4 is 22.4 Å².